The van der Waals surface area contributed by atoms with E-state index in [9.17, 15) is 4.39 Å². The number of hydrogen-bond donors (Lipinski definition) is 0. The third-order valence-corrected chi connectivity index (χ3v) is 3.23. The van der Waals surface area contributed by atoms with Crippen LogP contribution < -0.4 is 0 Å². The minimum Gasteiger partial charge on any atom is -0.223 e. The average molecular weight is 281 g/mol. The first-order chi connectivity index (χ1) is 8.63. The number of nitrogens with zero attached hydrogens (tertiary/aromatic N) is 2. The maximum Gasteiger partial charge on any atom is 0.221 e. The molecular formula is C13H7Cl2FN2. The number of pyridine rings is 1. The normalized spacial score (nSPS) is 10.1. The maximum atomic E-state index is 13.8. The van der Waals surface area contributed by atoms with Crippen LogP contribution in [0.2, 0.25) is 10.0 Å². The average Bonchev–Trinajstić information content (AvgIpc) is 2.34. The standard InChI is InChI=1S/C13H7Cl2FN2/c14-11-3-1-2-9(12(11)15)10-5-4-8(6-7-17)18-13(10)16/h1-5H,6H2. The summed E-state index contributed by atoms with van der Waals surface area (Å²) in [4.78, 5) is 3.72. The van der Waals surface area contributed by atoms with Gasteiger partial charge in [-0.25, -0.2) is 4.98 Å². The van der Waals surface area contributed by atoms with Crippen LogP contribution >= 0.6 is 23.2 Å². The Labute approximate surface area is 114 Å². The van der Waals surface area contributed by atoms with E-state index >= 15 is 0 Å². The Balaban J connectivity index is 2.52. The van der Waals surface area contributed by atoms with Gasteiger partial charge in [-0.2, -0.15) is 9.65 Å². The zero-order valence-corrected chi connectivity index (χ0v) is 10.6. The molecule has 18 heavy (non-hydrogen) atoms. The molecule has 2 nitrogen and oxygen atoms in total. The summed E-state index contributed by atoms with van der Waals surface area (Å²) in [5, 5.41) is 9.17. The van der Waals surface area contributed by atoms with Crippen molar-refractivity contribution in [3.8, 4) is 17.2 Å². The summed E-state index contributed by atoms with van der Waals surface area (Å²) < 4.78 is 13.8. The van der Waals surface area contributed by atoms with Crippen molar-refractivity contribution in [1.29, 1.82) is 5.26 Å². The lowest BCUT2D eigenvalue weighted by Gasteiger charge is -2.07. The van der Waals surface area contributed by atoms with Gasteiger partial charge in [0.2, 0.25) is 5.95 Å². The number of hydrogen-bond acceptors (Lipinski definition) is 2. The Kier molecular flexibility index (Phi) is 3.81. The third-order valence-electron chi connectivity index (χ3n) is 2.41. The fourth-order valence-electron chi connectivity index (χ4n) is 1.56. The molecule has 0 aliphatic carbocycles. The fraction of sp³-hybridized carbons (Fsp3) is 0.0769. The van der Waals surface area contributed by atoms with E-state index in [2.05, 4.69) is 4.98 Å². The molecule has 0 aliphatic heterocycles. The second kappa shape index (κ2) is 5.34. The van der Waals surface area contributed by atoms with Crippen molar-refractivity contribution < 1.29 is 4.39 Å². The first-order valence-corrected chi connectivity index (χ1v) is 5.86. The zero-order valence-electron chi connectivity index (χ0n) is 9.12. The van der Waals surface area contributed by atoms with Crippen molar-refractivity contribution in [3.05, 3.63) is 52.0 Å². The van der Waals surface area contributed by atoms with Crippen molar-refractivity contribution in [1.82, 2.24) is 4.98 Å². The molecule has 1 heterocycles. The smallest absolute Gasteiger partial charge is 0.221 e. The van der Waals surface area contributed by atoms with E-state index in [4.69, 9.17) is 28.5 Å². The van der Waals surface area contributed by atoms with Gasteiger partial charge in [0.1, 0.15) is 0 Å². The Morgan fingerprint density at radius 2 is 1.94 bits per heavy atom. The van der Waals surface area contributed by atoms with Crippen LogP contribution in [0.1, 0.15) is 5.69 Å². The Morgan fingerprint density at radius 1 is 1.17 bits per heavy atom. The highest BCUT2D eigenvalue weighted by Gasteiger charge is 2.12. The molecule has 2 rings (SSSR count). The van der Waals surface area contributed by atoms with Gasteiger partial charge in [-0.05, 0) is 18.2 Å². The summed E-state index contributed by atoms with van der Waals surface area (Å²) in [6, 6.07) is 10.0. The molecule has 1 aromatic carbocycles. The highest BCUT2D eigenvalue weighted by Crippen LogP contribution is 2.34. The van der Waals surface area contributed by atoms with Gasteiger partial charge < -0.3 is 0 Å². The molecule has 90 valence electrons. The highest BCUT2D eigenvalue weighted by molar-refractivity contribution is 6.43. The lowest BCUT2D eigenvalue weighted by molar-refractivity contribution is 0.582. The first-order valence-electron chi connectivity index (χ1n) is 5.10. The van der Waals surface area contributed by atoms with Crippen molar-refractivity contribution in [2.24, 2.45) is 0 Å². The Hall–Kier alpha value is -1.63. The molecule has 0 fully saturated rings. The highest BCUT2D eigenvalue weighted by atomic mass is 35.5. The topological polar surface area (TPSA) is 36.7 Å². The van der Waals surface area contributed by atoms with Crippen LogP contribution in [0.3, 0.4) is 0 Å². The molecule has 0 saturated heterocycles. The molecule has 0 bridgehead atoms. The lowest BCUT2D eigenvalue weighted by Crippen LogP contribution is -1.95. The fourth-order valence-corrected chi connectivity index (χ4v) is 1.97. The van der Waals surface area contributed by atoms with Crippen LogP contribution in [0.25, 0.3) is 11.1 Å². The van der Waals surface area contributed by atoms with Gasteiger partial charge in [0.05, 0.1) is 28.2 Å². The largest absolute Gasteiger partial charge is 0.223 e. The van der Waals surface area contributed by atoms with Gasteiger partial charge in [-0.1, -0.05) is 35.3 Å². The summed E-state index contributed by atoms with van der Waals surface area (Å²) >= 11 is 11.9. The summed E-state index contributed by atoms with van der Waals surface area (Å²) in [6.07, 6.45) is 0.0699. The molecule has 0 spiro atoms. The first kappa shape index (κ1) is 12.8. The van der Waals surface area contributed by atoms with E-state index in [0.717, 1.165) is 0 Å². The molecule has 0 saturated carbocycles. The van der Waals surface area contributed by atoms with E-state index in [-0.39, 0.29) is 17.0 Å². The third kappa shape index (κ3) is 2.45. The van der Waals surface area contributed by atoms with E-state index in [1.165, 1.54) is 0 Å². The van der Waals surface area contributed by atoms with Crippen LogP contribution in [0.5, 0.6) is 0 Å². The maximum absolute atomic E-state index is 13.8. The van der Waals surface area contributed by atoms with E-state index in [1.807, 2.05) is 6.07 Å². The van der Waals surface area contributed by atoms with Crippen LogP contribution in [0.4, 0.5) is 4.39 Å². The number of benzene rings is 1. The zero-order chi connectivity index (χ0) is 13.1. The van der Waals surface area contributed by atoms with Gasteiger partial charge in [0.15, 0.2) is 0 Å². The molecule has 0 N–H and O–H groups in total. The van der Waals surface area contributed by atoms with E-state index < -0.39 is 5.95 Å². The van der Waals surface area contributed by atoms with Crippen LogP contribution in [0, 0.1) is 17.3 Å². The van der Waals surface area contributed by atoms with Crippen LogP contribution in [0.15, 0.2) is 30.3 Å². The van der Waals surface area contributed by atoms with Crippen molar-refractivity contribution in [2.75, 3.05) is 0 Å². The van der Waals surface area contributed by atoms with Gasteiger partial charge in [-0.15, -0.1) is 0 Å². The summed E-state index contributed by atoms with van der Waals surface area (Å²) in [5.41, 5.74) is 1.14. The summed E-state index contributed by atoms with van der Waals surface area (Å²) in [5.74, 6) is -0.660. The second-order valence-corrected chi connectivity index (χ2v) is 4.36. The molecule has 5 heteroatoms. The molecule has 0 unspecified atom stereocenters. The van der Waals surface area contributed by atoms with Crippen molar-refractivity contribution >= 4 is 23.2 Å². The van der Waals surface area contributed by atoms with Crippen molar-refractivity contribution in [3.63, 3.8) is 0 Å². The molecule has 0 aliphatic rings. The quantitative estimate of drug-likeness (QED) is 0.771. The predicted octanol–water partition coefficient (Wildman–Crippen LogP) is 4.26. The van der Waals surface area contributed by atoms with Crippen LogP contribution in [-0.2, 0) is 6.42 Å². The molecular weight excluding hydrogens is 274 g/mol. The molecule has 1 aromatic heterocycles. The van der Waals surface area contributed by atoms with E-state index in [0.29, 0.717) is 16.3 Å². The molecule has 2 aromatic rings. The number of nitriles is 1. The van der Waals surface area contributed by atoms with Gasteiger partial charge in [-0.3, -0.25) is 0 Å². The second-order valence-electron chi connectivity index (χ2n) is 3.58. The number of halogens is 3. The molecule has 0 amide bonds. The number of aromatic nitrogens is 1. The van der Waals surface area contributed by atoms with Gasteiger partial charge in [0.25, 0.3) is 0 Å². The Bertz CT molecular complexity index is 635. The molecule has 0 radical (unpaired) electrons. The molecule has 0 atom stereocenters. The van der Waals surface area contributed by atoms with E-state index in [1.54, 1.807) is 30.3 Å². The SMILES string of the molecule is N#CCc1ccc(-c2cccc(Cl)c2Cl)c(F)n1. The Morgan fingerprint density at radius 3 is 2.61 bits per heavy atom. The monoisotopic (exact) mass is 280 g/mol. The minimum absolute atomic E-state index is 0.0699. The summed E-state index contributed by atoms with van der Waals surface area (Å²) in [7, 11) is 0. The number of rotatable bonds is 2. The summed E-state index contributed by atoms with van der Waals surface area (Å²) in [6.45, 7) is 0. The predicted molar refractivity (Wildman–Crippen MR) is 69.0 cm³/mol. The van der Waals surface area contributed by atoms with Gasteiger partial charge >= 0.3 is 0 Å². The minimum atomic E-state index is -0.660. The van der Waals surface area contributed by atoms with Crippen molar-refractivity contribution in [2.45, 2.75) is 6.42 Å². The van der Waals surface area contributed by atoms with Crippen LogP contribution in [-0.4, -0.2) is 4.98 Å². The van der Waals surface area contributed by atoms with Gasteiger partial charge in [0, 0.05) is 11.1 Å². The lowest BCUT2D eigenvalue weighted by atomic mass is 10.1.